The van der Waals surface area contributed by atoms with Gasteiger partial charge in [-0.25, -0.2) is 4.52 Å². The van der Waals surface area contributed by atoms with E-state index in [1.54, 1.807) is 37.4 Å². The lowest BCUT2D eigenvalue weighted by atomic mass is 9.95. The minimum atomic E-state index is -0.649. The van der Waals surface area contributed by atoms with E-state index in [1.165, 1.54) is 10.7 Å². The van der Waals surface area contributed by atoms with Gasteiger partial charge in [0.15, 0.2) is 5.78 Å². The number of hydrogen-bond donors (Lipinski definition) is 3. The van der Waals surface area contributed by atoms with Crippen molar-refractivity contribution in [2.24, 2.45) is 0 Å². The van der Waals surface area contributed by atoms with Gasteiger partial charge in [-0.05, 0) is 48.2 Å². The maximum atomic E-state index is 13.8. The van der Waals surface area contributed by atoms with Crippen molar-refractivity contribution >= 4 is 17.2 Å². The number of nitrogens with one attached hydrogen (secondary N) is 2. The molecule has 8 heteroatoms. The maximum Gasteiger partial charge on any atom is 0.252 e. The number of Topliss-reactive ketones (excluding diaryl/α,β-unsaturated/α-hetero) is 1. The Kier molecular flexibility index (Phi) is 8.08. The summed E-state index contributed by atoms with van der Waals surface area (Å²) in [6, 6.07) is 21.9. The Morgan fingerprint density at radius 1 is 1.00 bits per heavy atom. The van der Waals surface area contributed by atoms with E-state index in [1.807, 2.05) is 42.5 Å². The lowest BCUT2D eigenvalue weighted by Crippen LogP contribution is -2.31. The quantitative estimate of drug-likeness (QED) is 0.289. The third kappa shape index (κ3) is 6.09. The first-order chi connectivity index (χ1) is 17.9. The second-order valence-electron chi connectivity index (χ2n) is 9.12. The Labute approximate surface area is 215 Å². The normalized spacial score (nSPS) is 13.5. The van der Waals surface area contributed by atoms with Crippen molar-refractivity contribution in [3.8, 4) is 6.07 Å². The molecule has 188 valence electrons. The highest BCUT2D eigenvalue weighted by Crippen LogP contribution is 2.24. The van der Waals surface area contributed by atoms with Gasteiger partial charge in [-0.1, -0.05) is 49.4 Å². The number of rotatable bonds is 10. The number of carbonyl (C=O) groups is 2. The predicted molar refractivity (Wildman–Crippen MR) is 140 cm³/mol. The molecule has 0 saturated heterocycles. The molecule has 0 aliphatic carbocycles. The first-order valence-corrected chi connectivity index (χ1v) is 12.1. The SMILES string of the molecule is C[C@H](CNC(C(=O)c1cnn2cc(C(=O)NC[C@@H](C)O)ccc12)c1ccccc1)c1ccc(C#N)cc1. The Balaban J connectivity index is 1.56. The van der Waals surface area contributed by atoms with Crippen LogP contribution in [0.15, 0.2) is 79.1 Å². The van der Waals surface area contributed by atoms with Gasteiger partial charge >= 0.3 is 0 Å². The number of nitriles is 1. The van der Waals surface area contributed by atoms with Crippen molar-refractivity contribution in [2.75, 3.05) is 13.1 Å². The topological polar surface area (TPSA) is 120 Å². The molecule has 2 aromatic heterocycles. The van der Waals surface area contributed by atoms with Gasteiger partial charge in [-0.3, -0.25) is 9.59 Å². The van der Waals surface area contributed by atoms with Crippen LogP contribution in [-0.2, 0) is 0 Å². The Morgan fingerprint density at radius 2 is 1.73 bits per heavy atom. The number of aliphatic hydroxyl groups excluding tert-OH is 1. The molecule has 0 fully saturated rings. The van der Waals surface area contributed by atoms with Gasteiger partial charge in [0.2, 0.25) is 0 Å². The fraction of sp³-hybridized carbons (Fsp3) is 0.241. The summed E-state index contributed by atoms with van der Waals surface area (Å²) < 4.78 is 1.52. The molecule has 1 amide bonds. The monoisotopic (exact) mass is 495 g/mol. The van der Waals surface area contributed by atoms with E-state index in [2.05, 4.69) is 28.7 Å². The number of aliphatic hydroxyl groups is 1. The minimum absolute atomic E-state index is 0.110. The van der Waals surface area contributed by atoms with Gasteiger partial charge in [0, 0.05) is 19.3 Å². The number of nitrogens with zero attached hydrogens (tertiary/aromatic N) is 3. The van der Waals surface area contributed by atoms with Crippen LogP contribution in [0.1, 0.15) is 63.2 Å². The Hall–Kier alpha value is -4.32. The molecular formula is C29H29N5O3. The van der Waals surface area contributed by atoms with Crippen molar-refractivity contribution in [2.45, 2.75) is 31.9 Å². The molecule has 8 nitrogen and oxygen atoms in total. The van der Waals surface area contributed by atoms with Crippen molar-refractivity contribution < 1.29 is 14.7 Å². The molecule has 2 aromatic carbocycles. The second-order valence-corrected chi connectivity index (χ2v) is 9.12. The van der Waals surface area contributed by atoms with E-state index < -0.39 is 12.1 Å². The summed E-state index contributed by atoms with van der Waals surface area (Å²) in [5.74, 6) is -0.343. The zero-order valence-corrected chi connectivity index (χ0v) is 20.8. The van der Waals surface area contributed by atoms with Crippen LogP contribution in [0.5, 0.6) is 0 Å². The molecule has 0 aliphatic heterocycles. The van der Waals surface area contributed by atoms with Crippen molar-refractivity contribution in [1.29, 1.82) is 5.26 Å². The molecule has 4 aromatic rings. The minimum Gasteiger partial charge on any atom is -0.392 e. The zero-order valence-electron chi connectivity index (χ0n) is 20.8. The van der Waals surface area contributed by atoms with Gasteiger partial charge in [0.05, 0.1) is 46.6 Å². The molecule has 0 radical (unpaired) electrons. The summed E-state index contributed by atoms with van der Waals surface area (Å²) in [6.45, 7) is 4.35. The third-order valence-corrected chi connectivity index (χ3v) is 6.23. The highest BCUT2D eigenvalue weighted by Gasteiger charge is 2.25. The Bertz CT molecular complexity index is 1420. The molecule has 37 heavy (non-hydrogen) atoms. The molecule has 2 heterocycles. The van der Waals surface area contributed by atoms with Crippen LogP contribution in [0.4, 0.5) is 0 Å². The number of carbonyl (C=O) groups excluding carboxylic acids is 2. The van der Waals surface area contributed by atoms with Gasteiger partial charge < -0.3 is 15.7 Å². The summed E-state index contributed by atoms with van der Waals surface area (Å²) in [7, 11) is 0. The summed E-state index contributed by atoms with van der Waals surface area (Å²) >= 11 is 0. The standard InChI is InChI=1S/C29H29N5O3/c1-19(22-10-8-21(14-30)9-11-22)15-31-27(23-6-4-3-5-7-23)28(36)25-17-33-34-18-24(12-13-26(25)34)29(37)32-16-20(2)35/h3-13,17-20,27,31,35H,15-16H2,1-2H3,(H,32,37)/t19-,20-,27?/m1/s1. The Morgan fingerprint density at radius 3 is 2.41 bits per heavy atom. The van der Waals surface area contributed by atoms with Gasteiger partial charge in [-0.2, -0.15) is 10.4 Å². The zero-order chi connectivity index (χ0) is 26.4. The number of aromatic nitrogens is 2. The van der Waals surface area contributed by atoms with Crippen LogP contribution in [0.3, 0.4) is 0 Å². The predicted octanol–water partition coefficient (Wildman–Crippen LogP) is 3.63. The third-order valence-electron chi connectivity index (χ3n) is 6.23. The first kappa shape index (κ1) is 25.8. The van der Waals surface area contributed by atoms with Crippen molar-refractivity contribution in [3.05, 3.63) is 107 Å². The number of fused-ring (bicyclic) bond motifs is 1. The fourth-order valence-electron chi connectivity index (χ4n) is 4.11. The number of pyridine rings is 1. The average molecular weight is 496 g/mol. The van der Waals surface area contributed by atoms with Crippen LogP contribution in [-0.4, -0.2) is 45.6 Å². The van der Waals surface area contributed by atoms with E-state index in [4.69, 9.17) is 5.26 Å². The highest BCUT2D eigenvalue weighted by molar-refractivity contribution is 6.06. The van der Waals surface area contributed by atoms with Crippen LogP contribution >= 0.6 is 0 Å². The average Bonchev–Trinajstić information content (AvgIpc) is 3.35. The summed E-state index contributed by atoms with van der Waals surface area (Å²) in [5.41, 5.74) is 3.95. The molecule has 1 unspecified atom stereocenters. The maximum absolute atomic E-state index is 13.8. The summed E-state index contributed by atoms with van der Waals surface area (Å²) in [5, 5.41) is 28.9. The van der Waals surface area contributed by atoms with E-state index in [9.17, 15) is 14.7 Å². The van der Waals surface area contributed by atoms with Crippen molar-refractivity contribution in [3.63, 3.8) is 0 Å². The van der Waals surface area contributed by atoms with E-state index in [0.29, 0.717) is 28.8 Å². The molecule has 0 aliphatic rings. The lowest BCUT2D eigenvalue weighted by Gasteiger charge is -2.21. The number of benzene rings is 2. The summed E-state index contributed by atoms with van der Waals surface area (Å²) in [6.07, 6.45) is 2.45. The first-order valence-electron chi connectivity index (χ1n) is 12.1. The van der Waals surface area contributed by atoms with E-state index >= 15 is 0 Å². The summed E-state index contributed by atoms with van der Waals surface area (Å²) in [4.78, 5) is 26.2. The number of amides is 1. The molecule has 0 spiro atoms. The molecule has 3 N–H and O–H groups in total. The molecule has 3 atom stereocenters. The van der Waals surface area contributed by atoms with E-state index in [-0.39, 0.29) is 24.2 Å². The number of hydrogen-bond acceptors (Lipinski definition) is 6. The molecule has 0 bridgehead atoms. The second kappa shape index (κ2) is 11.6. The molecule has 4 rings (SSSR count). The number of ketones is 1. The van der Waals surface area contributed by atoms with Gasteiger partial charge in [0.25, 0.3) is 5.91 Å². The van der Waals surface area contributed by atoms with Gasteiger partial charge in [-0.15, -0.1) is 0 Å². The highest BCUT2D eigenvalue weighted by atomic mass is 16.3. The van der Waals surface area contributed by atoms with E-state index in [0.717, 1.165) is 11.1 Å². The van der Waals surface area contributed by atoms with Crippen molar-refractivity contribution in [1.82, 2.24) is 20.2 Å². The molecular weight excluding hydrogens is 466 g/mol. The van der Waals surface area contributed by atoms with Crippen LogP contribution in [0, 0.1) is 11.3 Å². The largest absolute Gasteiger partial charge is 0.392 e. The van der Waals surface area contributed by atoms with Crippen LogP contribution < -0.4 is 10.6 Å². The lowest BCUT2D eigenvalue weighted by molar-refractivity contribution is 0.0922. The van der Waals surface area contributed by atoms with Gasteiger partial charge in [0.1, 0.15) is 0 Å². The van der Waals surface area contributed by atoms with Crippen LogP contribution in [0.2, 0.25) is 0 Å². The molecule has 0 saturated carbocycles. The smallest absolute Gasteiger partial charge is 0.252 e. The van der Waals surface area contributed by atoms with Crippen LogP contribution in [0.25, 0.3) is 5.52 Å². The fourth-order valence-corrected chi connectivity index (χ4v) is 4.11.